The largest absolute Gasteiger partial charge is 0.462 e. The number of hydrogen-bond donors (Lipinski definition) is 2. The molecule has 2 unspecified atom stereocenters. The summed E-state index contributed by atoms with van der Waals surface area (Å²) in [5, 5.41) is 2.74. The molecule has 1 saturated heterocycles. The van der Waals surface area contributed by atoms with Crippen LogP contribution < -0.4 is 21.0 Å². The minimum absolute atomic E-state index is 0.111. The Hall–Kier alpha value is -2.72. The number of nitrogens with one attached hydrogen (secondary N) is 1. The van der Waals surface area contributed by atoms with E-state index in [1.807, 2.05) is 0 Å². The van der Waals surface area contributed by atoms with Gasteiger partial charge in [0, 0.05) is 6.20 Å². The van der Waals surface area contributed by atoms with E-state index in [1.165, 1.54) is 23.8 Å². The van der Waals surface area contributed by atoms with Gasteiger partial charge in [-0.05, 0) is 39.0 Å². The lowest BCUT2D eigenvalue weighted by Gasteiger charge is -2.26. The van der Waals surface area contributed by atoms with Crippen LogP contribution in [0.25, 0.3) is 0 Å². The fraction of sp³-hybridized carbons (Fsp3) is 0.476. The number of carbonyl (C=O) groups is 1. The highest BCUT2D eigenvalue weighted by Crippen LogP contribution is 2.44. The molecular weight excluding hydrogens is 451 g/mol. The van der Waals surface area contributed by atoms with Crippen LogP contribution in [0.4, 0.5) is 5.82 Å². The molecule has 0 spiro atoms. The zero-order valence-corrected chi connectivity index (χ0v) is 19.6. The van der Waals surface area contributed by atoms with Gasteiger partial charge in [0.2, 0.25) is 0 Å². The van der Waals surface area contributed by atoms with E-state index in [9.17, 15) is 14.2 Å². The molecule has 2 aromatic rings. The van der Waals surface area contributed by atoms with Gasteiger partial charge in [-0.15, -0.1) is 0 Å². The Labute approximate surface area is 191 Å². The third kappa shape index (κ3) is 6.88. The molecule has 0 radical (unpaired) electrons. The molecule has 1 fully saturated rings. The van der Waals surface area contributed by atoms with Gasteiger partial charge in [0.15, 0.2) is 0 Å². The maximum Gasteiger partial charge on any atom is 0.349 e. The molecule has 0 saturated carbocycles. The zero-order chi connectivity index (χ0) is 24.0. The number of para-hydroxylation sites is 1. The van der Waals surface area contributed by atoms with Crippen molar-refractivity contribution in [2.24, 2.45) is 0 Å². The number of carbonyl (C=O) groups excluding carboxylic acids is 1. The Morgan fingerprint density at radius 3 is 2.67 bits per heavy atom. The van der Waals surface area contributed by atoms with E-state index in [2.05, 4.69) is 10.1 Å². The quantitative estimate of drug-likeness (QED) is 0.382. The van der Waals surface area contributed by atoms with Crippen LogP contribution in [0.3, 0.4) is 0 Å². The van der Waals surface area contributed by atoms with Gasteiger partial charge < -0.3 is 24.5 Å². The Bertz CT molecular complexity index is 1050. The summed E-state index contributed by atoms with van der Waals surface area (Å²) in [6.07, 6.45) is 0.224. The second-order valence-electron chi connectivity index (χ2n) is 7.90. The number of ether oxygens (including phenoxy) is 3. The molecule has 1 aromatic heterocycles. The third-order valence-electron chi connectivity index (χ3n) is 4.76. The highest BCUT2D eigenvalue weighted by molar-refractivity contribution is 7.57. The first-order valence-electron chi connectivity index (χ1n) is 10.5. The average Bonchev–Trinajstić information content (AvgIpc) is 3.21. The van der Waals surface area contributed by atoms with Crippen LogP contribution in [0, 0.1) is 0 Å². The van der Waals surface area contributed by atoms with Crippen LogP contribution >= 0.6 is 7.52 Å². The minimum Gasteiger partial charge on any atom is -0.462 e. The summed E-state index contributed by atoms with van der Waals surface area (Å²) in [6, 6.07) is 8.66. The normalized spacial score (nSPS) is 20.8. The van der Waals surface area contributed by atoms with Gasteiger partial charge in [0.05, 0.1) is 25.4 Å². The lowest BCUT2D eigenvalue weighted by molar-refractivity contribution is -0.149. The molecule has 1 aromatic carbocycles. The van der Waals surface area contributed by atoms with E-state index in [4.69, 9.17) is 24.5 Å². The number of nitrogen functional groups attached to an aromatic ring is 1. The molecule has 180 valence electrons. The lowest BCUT2D eigenvalue weighted by atomic mass is 10.2. The predicted octanol–water partition coefficient (Wildman–Crippen LogP) is 1.94. The number of anilines is 1. The molecule has 11 nitrogen and oxygen atoms in total. The van der Waals surface area contributed by atoms with Gasteiger partial charge in [0.25, 0.3) is 0 Å². The maximum atomic E-state index is 13.7. The van der Waals surface area contributed by atoms with Crippen LogP contribution in [-0.4, -0.2) is 53.3 Å². The lowest BCUT2D eigenvalue weighted by Crippen LogP contribution is -2.38. The molecule has 0 bridgehead atoms. The number of rotatable bonds is 10. The van der Waals surface area contributed by atoms with Crippen molar-refractivity contribution >= 4 is 19.3 Å². The number of aromatic nitrogens is 2. The number of nitrogens with zero attached hydrogens (tertiary/aromatic N) is 2. The van der Waals surface area contributed by atoms with E-state index in [-0.39, 0.29) is 31.5 Å². The summed E-state index contributed by atoms with van der Waals surface area (Å²) in [5.74, 6) is -0.108. The first kappa shape index (κ1) is 24.9. The Morgan fingerprint density at radius 2 is 2.00 bits per heavy atom. The van der Waals surface area contributed by atoms with Crippen molar-refractivity contribution in [1.29, 1.82) is 0 Å². The standard InChI is InChI=1S/C21H29N4O7P/c1-14(2)31-20(26)15(3)24-33(28,32-16-7-5-4-6-8-16)13-30-18-12-29-11-17(18)25-10-9-19(22)23-21(25)27/h4-10,14-15,17-18H,11-13H2,1-3H3,(H,24,28)(H2,22,23,27)/t15-,17?,18-,33?/m0/s1. The van der Waals surface area contributed by atoms with Crippen molar-refractivity contribution in [3.8, 4) is 5.75 Å². The Morgan fingerprint density at radius 1 is 1.27 bits per heavy atom. The number of benzene rings is 1. The SMILES string of the molecule is CC(C)OC(=O)[C@H](C)NP(=O)(CO[C@H]1COCC1n1ccc(N)nc1=O)Oc1ccccc1. The van der Waals surface area contributed by atoms with Crippen molar-refractivity contribution < 1.29 is 28.1 Å². The smallest absolute Gasteiger partial charge is 0.349 e. The minimum atomic E-state index is -3.74. The molecule has 1 aliphatic heterocycles. The first-order valence-corrected chi connectivity index (χ1v) is 12.3. The van der Waals surface area contributed by atoms with Gasteiger partial charge in [-0.2, -0.15) is 4.98 Å². The molecule has 0 aliphatic carbocycles. The summed E-state index contributed by atoms with van der Waals surface area (Å²) < 4.78 is 37.4. The Kier molecular flexibility index (Phi) is 8.25. The van der Waals surface area contributed by atoms with Gasteiger partial charge in [-0.3, -0.25) is 13.9 Å². The number of nitrogens with two attached hydrogens (primary N) is 1. The highest BCUT2D eigenvalue weighted by atomic mass is 31.2. The average molecular weight is 480 g/mol. The highest BCUT2D eigenvalue weighted by Gasteiger charge is 2.36. The fourth-order valence-corrected chi connectivity index (χ4v) is 4.96. The number of hydrogen-bond acceptors (Lipinski definition) is 9. The van der Waals surface area contributed by atoms with Crippen LogP contribution in [-0.2, 0) is 23.6 Å². The summed E-state index contributed by atoms with van der Waals surface area (Å²) in [4.78, 5) is 28.2. The molecular formula is C21H29N4O7P. The van der Waals surface area contributed by atoms with Crippen molar-refractivity contribution in [2.75, 3.05) is 25.3 Å². The van der Waals surface area contributed by atoms with E-state index in [0.29, 0.717) is 5.75 Å². The fourth-order valence-electron chi connectivity index (χ4n) is 3.24. The second kappa shape index (κ2) is 10.9. The molecule has 1 aliphatic rings. The van der Waals surface area contributed by atoms with Crippen molar-refractivity contribution in [3.63, 3.8) is 0 Å². The van der Waals surface area contributed by atoms with Crippen LogP contribution in [0.2, 0.25) is 0 Å². The van der Waals surface area contributed by atoms with E-state index < -0.39 is 37.4 Å². The summed E-state index contributed by atoms with van der Waals surface area (Å²) >= 11 is 0. The van der Waals surface area contributed by atoms with Crippen molar-refractivity contribution in [2.45, 2.75) is 45.1 Å². The molecule has 0 amide bonds. The number of esters is 1. The van der Waals surface area contributed by atoms with E-state index in [1.54, 1.807) is 44.2 Å². The molecule has 2 heterocycles. The van der Waals surface area contributed by atoms with Gasteiger partial charge in [-0.25, -0.2) is 9.88 Å². The van der Waals surface area contributed by atoms with Crippen LogP contribution in [0.5, 0.6) is 5.75 Å². The molecule has 33 heavy (non-hydrogen) atoms. The van der Waals surface area contributed by atoms with E-state index in [0.717, 1.165) is 0 Å². The van der Waals surface area contributed by atoms with Gasteiger partial charge in [0.1, 0.15) is 30.1 Å². The van der Waals surface area contributed by atoms with E-state index >= 15 is 0 Å². The maximum absolute atomic E-state index is 13.7. The topological polar surface area (TPSA) is 144 Å². The second-order valence-corrected chi connectivity index (χ2v) is 9.94. The molecule has 12 heteroatoms. The predicted molar refractivity (Wildman–Crippen MR) is 121 cm³/mol. The van der Waals surface area contributed by atoms with Crippen LogP contribution in [0.15, 0.2) is 47.4 Å². The van der Waals surface area contributed by atoms with Gasteiger partial charge in [-0.1, -0.05) is 18.2 Å². The van der Waals surface area contributed by atoms with Gasteiger partial charge >= 0.3 is 19.2 Å². The van der Waals surface area contributed by atoms with Crippen molar-refractivity contribution in [3.05, 3.63) is 53.1 Å². The Balaban J connectivity index is 1.75. The molecule has 3 rings (SSSR count). The van der Waals surface area contributed by atoms with Crippen LogP contribution in [0.1, 0.15) is 26.8 Å². The monoisotopic (exact) mass is 480 g/mol. The molecule has 3 N–H and O–H groups in total. The summed E-state index contributed by atoms with van der Waals surface area (Å²) in [6.45, 7) is 5.37. The van der Waals surface area contributed by atoms with Crippen molar-refractivity contribution in [1.82, 2.24) is 14.6 Å². The molecule has 4 atom stereocenters. The first-order chi connectivity index (χ1) is 15.7. The third-order valence-corrected chi connectivity index (χ3v) is 6.53. The summed E-state index contributed by atoms with van der Waals surface area (Å²) in [5.41, 5.74) is 5.03. The summed E-state index contributed by atoms with van der Waals surface area (Å²) in [7, 11) is -3.74. The zero-order valence-electron chi connectivity index (χ0n) is 18.7.